The van der Waals surface area contributed by atoms with Gasteiger partial charge in [-0.1, -0.05) is 0 Å². The molecule has 6 atom stereocenters. The van der Waals surface area contributed by atoms with Gasteiger partial charge in [0.1, 0.15) is 20.1 Å². The molecule has 1 aliphatic rings. The molecule has 9 heteroatoms. The van der Waals surface area contributed by atoms with E-state index in [9.17, 15) is 19.7 Å². The maximum absolute atomic E-state index is 11.7. The molecule has 1 aliphatic heterocycles. The minimum absolute atomic E-state index is 0.204. The van der Waals surface area contributed by atoms with Crippen LogP contribution in [0.25, 0.3) is 0 Å². The van der Waals surface area contributed by atoms with Gasteiger partial charge in [0.2, 0.25) is 0 Å². The van der Waals surface area contributed by atoms with Crippen molar-refractivity contribution in [3.63, 3.8) is 0 Å². The molecule has 0 spiro atoms. The van der Waals surface area contributed by atoms with Crippen molar-refractivity contribution < 1.29 is 33.7 Å². The first-order valence-electron chi connectivity index (χ1n) is 6.58. The second kappa shape index (κ2) is 6.44. The number of ether oxygens (including phenoxy) is 2. The highest BCUT2D eigenvalue weighted by Gasteiger charge is 2.45. The monoisotopic (exact) mass is 310 g/mol. The normalized spacial score (nSPS) is 35.8. The molecule has 118 valence electrons. The van der Waals surface area contributed by atoms with Crippen LogP contribution in [-0.2, 0) is 18.6 Å². The number of rotatable bonds is 6. The van der Waals surface area contributed by atoms with Gasteiger partial charge in [0.05, 0.1) is 17.7 Å². The Bertz CT molecular complexity index is 376. The van der Waals surface area contributed by atoms with E-state index >= 15 is 0 Å². The number of aliphatic hydroxyl groups excluding tert-OH is 2. The fraction of sp³-hybridized carbons (Fsp3) is 1.00. The summed E-state index contributed by atoms with van der Waals surface area (Å²) >= 11 is 0. The van der Waals surface area contributed by atoms with E-state index in [0.29, 0.717) is 0 Å². The summed E-state index contributed by atoms with van der Waals surface area (Å²) in [6.45, 7) is 4.42. The Balaban J connectivity index is 2.70. The van der Waals surface area contributed by atoms with E-state index in [1.807, 2.05) is 0 Å². The number of aliphatic hydroxyl groups is 2. The third-order valence-corrected chi connectivity index (χ3v) is 5.08. The van der Waals surface area contributed by atoms with Crippen molar-refractivity contribution in [3.8, 4) is 0 Å². The van der Waals surface area contributed by atoms with Crippen LogP contribution in [0.4, 0.5) is 0 Å². The zero-order valence-electron chi connectivity index (χ0n) is 12.5. The van der Waals surface area contributed by atoms with Crippen LogP contribution in [0.15, 0.2) is 0 Å². The summed E-state index contributed by atoms with van der Waals surface area (Å²) in [6.07, 6.45) is -1.62. The van der Waals surface area contributed by atoms with E-state index in [0.717, 1.165) is 0 Å². The first-order chi connectivity index (χ1) is 9.00. The smallest absolute Gasteiger partial charge is 0.356 e. The Labute approximate surface area is 120 Å². The second-order valence-corrected chi connectivity index (χ2v) is 7.88. The van der Waals surface area contributed by atoms with E-state index < -0.39 is 37.4 Å². The highest BCUT2D eigenvalue weighted by molar-refractivity contribution is 7.53. The molecule has 0 bridgehead atoms. The van der Waals surface area contributed by atoms with E-state index in [4.69, 9.17) is 14.0 Å². The lowest BCUT2D eigenvalue weighted by Crippen LogP contribution is -2.38. The lowest BCUT2D eigenvalue weighted by atomic mass is 9.91. The number of hydrogen-bond acceptors (Lipinski definition) is 6. The van der Waals surface area contributed by atoms with Crippen LogP contribution in [0.3, 0.4) is 0 Å². The van der Waals surface area contributed by atoms with Crippen LogP contribution >= 0.6 is 7.60 Å². The molecule has 2 unspecified atom stereocenters. The number of methoxy groups -OCH3 is 1. The highest BCUT2D eigenvalue weighted by atomic mass is 31.2. The Morgan fingerprint density at radius 1 is 1.50 bits per heavy atom. The largest absolute Gasteiger partial charge is 0.388 e. The average molecular weight is 310 g/mol. The van der Waals surface area contributed by atoms with E-state index in [1.54, 1.807) is 21.7 Å². The first-order valence-corrected chi connectivity index (χ1v) is 8.22. The molecule has 1 heterocycles. The Hall–Kier alpha value is 0.0549. The third kappa shape index (κ3) is 4.27. The molecule has 1 fully saturated rings. The van der Waals surface area contributed by atoms with Gasteiger partial charge in [-0.15, -0.1) is 0 Å². The van der Waals surface area contributed by atoms with Crippen molar-refractivity contribution in [1.82, 2.24) is 0 Å². The molecule has 0 aromatic rings. The van der Waals surface area contributed by atoms with E-state index in [2.05, 4.69) is 0 Å². The van der Waals surface area contributed by atoms with Gasteiger partial charge in [0, 0.05) is 13.5 Å². The maximum atomic E-state index is 11.7. The van der Waals surface area contributed by atoms with Gasteiger partial charge in [-0.3, -0.25) is 4.57 Å². The summed E-state index contributed by atoms with van der Waals surface area (Å²) in [4.78, 5) is 9.57. The second-order valence-electron chi connectivity index (χ2n) is 5.82. The van der Waals surface area contributed by atoms with Crippen LogP contribution in [0, 0.1) is 0 Å². The Morgan fingerprint density at radius 3 is 2.45 bits per heavy atom. The summed E-state index contributed by atoms with van der Waals surface area (Å²) in [6, 6.07) is -0.270. The van der Waals surface area contributed by atoms with Gasteiger partial charge >= 0.3 is 7.60 Å². The quantitative estimate of drug-likeness (QED) is 0.445. The summed E-state index contributed by atoms with van der Waals surface area (Å²) in [7, 11) is -0.830. The molecular formula is C11H24BO7P. The summed E-state index contributed by atoms with van der Waals surface area (Å²) in [5.74, 6) is -1.47. The molecule has 0 aromatic carbocycles. The van der Waals surface area contributed by atoms with Crippen LogP contribution in [0.1, 0.15) is 27.2 Å². The van der Waals surface area contributed by atoms with Gasteiger partial charge in [0.25, 0.3) is 0 Å². The van der Waals surface area contributed by atoms with Crippen LogP contribution in [-0.4, -0.2) is 65.8 Å². The van der Waals surface area contributed by atoms with Gasteiger partial charge < -0.3 is 29.1 Å². The average Bonchev–Trinajstić information content (AvgIpc) is 2.51. The maximum Gasteiger partial charge on any atom is 0.356 e. The van der Waals surface area contributed by atoms with Crippen molar-refractivity contribution >= 4 is 15.4 Å². The lowest BCUT2D eigenvalue weighted by Gasteiger charge is -2.31. The van der Waals surface area contributed by atoms with Crippen molar-refractivity contribution in [3.05, 3.63) is 0 Å². The molecule has 1 saturated heterocycles. The molecule has 1 rings (SSSR count). The van der Waals surface area contributed by atoms with E-state index in [1.165, 1.54) is 14.0 Å². The zero-order valence-corrected chi connectivity index (χ0v) is 13.4. The summed E-state index contributed by atoms with van der Waals surface area (Å²) < 4.78 is 27.6. The fourth-order valence-electron chi connectivity index (χ4n) is 2.37. The SMILES string of the molecule is B[C@@H]1O[C@H](CC(C)(C)OP(=O)(O)C(C)O)[C@@H](O)[C@H]1OC. The van der Waals surface area contributed by atoms with Gasteiger partial charge in [-0.05, 0) is 20.8 Å². The molecule has 0 aliphatic carbocycles. The molecule has 0 amide bonds. The first kappa shape index (κ1) is 18.1. The summed E-state index contributed by atoms with van der Waals surface area (Å²) in [5, 5.41) is 19.3. The van der Waals surface area contributed by atoms with Crippen LogP contribution in [0.2, 0.25) is 0 Å². The molecule has 0 saturated carbocycles. The van der Waals surface area contributed by atoms with Crippen molar-refractivity contribution in [2.45, 2.75) is 63.0 Å². The molecular weight excluding hydrogens is 286 g/mol. The van der Waals surface area contributed by atoms with Gasteiger partial charge in [-0.25, -0.2) is 0 Å². The van der Waals surface area contributed by atoms with E-state index in [-0.39, 0.29) is 12.4 Å². The Kier molecular flexibility index (Phi) is 5.83. The fourth-order valence-corrected chi connectivity index (χ4v) is 3.31. The van der Waals surface area contributed by atoms with Gasteiger partial charge in [-0.2, -0.15) is 0 Å². The predicted octanol–water partition coefficient (Wildman–Crippen LogP) is -0.571. The standard InChI is InChI=1S/C11H24BO7P/c1-6(13)20(15,16)19-11(2,3)5-7-8(14)9(17-4)10(12)18-7/h6-10,13-14H,5,12H2,1-4H3,(H,15,16)/t6?,7-,8-,9-,10-/m1/s1. The molecule has 3 N–H and O–H groups in total. The highest BCUT2D eigenvalue weighted by Crippen LogP contribution is 2.50. The van der Waals surface area contributed by atoms with Crippen molar-refractivity contribution in [2.75, 3.05) is 7.11 Å². The minimum Gasteiger partial charge on any atom is -0.388 e. The molecule has 20 heavy (non-hydrogen) atoms. The lowest BCUT2D eigenvalue weighted by molar-refractivity contribution is -0.0334. The Morgan fingerprint density at radius 2 is 2.05 bits per heavy atom. The zero-order chi connectivity index (χ0) is 15.7. The minimum atomic E-state index is -4.11. The molecule has 7 nitrogen and oxygen atoms in total. The number of hydrogen-bond donors (Lipinski definition) is 3. The summed E-state index contributed by atoms with van der Waals surface area (Å²) in [5.41, 5.74) is -1.03. The predicted molar refractivity (Wildman–Crippen MR) is 75.3 cm³/mol. The van der Waals surface area contributed by atoms with Crippen LogP contribution < -0.4 is 0 Å². The van der Waals surface area contributed by atoms with Crippen molar-refractivity contribution in [2.24, 2.45) is 0 Å². The van der Waals surface area contributed by atoms with Crippen LogP contribution in [0.5, 0.6) is 0 Å². The third-order valence-electron chi connectivity index (χ3n) is 3.38. The molecule has 0 radical (unpaired) electrons. The van der Waals surface area contributed by atoms with Crippen molar-refractivity contribution in [1.29, 1.82) is 0 Å². The molecule has 0 aromatic heterocycles. The topological polar surface area (TPSA) is 105 Å². The van der Waals surface area contributed by atoms with Gasteiger partial charge in [0.15, 0.2) is 5.85 Å².